The number of nitrogens with zero attached hydrogens (tertiary/aromatic N) is 3. The summed E-state index contributed by atoms with van der Waals surface area (Å²) in [6.07, 6.45) is 0.733. The maximum Gasteiger partial charge on any atom is 0.253 e. The molecule has 1 atom stereocenters. The molecule has 1 amide bonds. The van der Waals surface area contributed by atoms with Crippen molar-refractivity contribution in [1.82, 2.24) is 20.1 Å². The van der Waals surface area contributed by atoms with Crippen LogP contribution in [0.25, 0.3) is 11.4 Å². The minimum atomic E-state index is -0.697. The average molecular weight is 290 g/mol. The van der Waals surface area contributed by atoms with Gasteiger partial charge in [-0.25, -0.2) is 4.98 Å². The number of ether oxygens (including phenoxy) is 1. The molecule has 1 unspecified atom stereocenters. The van der Waals surface area contributed by atoms with Crippen molar-refractivity contribution in [3.05, 3.63) is 36.2 Å². The van der Waals surface area contributed by atoms with Gasteiger partial charge in [0.05, 0.1) is 12.7 Å². The van der Waals surface area contributed by atoms with Gasteiger partial charge in [0, 0.05) is 31.8 Å². The lowest BCUT2D eigenvalue weighted by Gasteiger charge is -2.20. The van der Waals surface area contributed by atoms with E-state index in [1.165, 1.54) is 18.3 Å². The topological polar surface area (TPSA) is 91.3 Å². The Kier molecular flexibility index (Phi) is 5.02. The van der Waals surface area contributed by atoms with E-state index in [0.29, 0.717) is 11.4 Å². The summed E-state index contributed by atoms with van der Waals surface area (Å²) in [6, 6.07) is 7.04. The zero-order valence-electron chi connectivity index (χ0n) is 12.0. The lowest BCUT2D eigenvalue weighted by Crippen LogP contribution is -2.36. The number of rotatable bonds is 6. The summed E-state index contributed by atoms with van der Waals surface area (Å²) in [4.78, 5) is 17.7. The van der Waals surface area contributed by atoms with Crippen LogP contribution in [0, 0.1) is 0 Å². The summed E-state index contributed by atoms with van der Waals surface area (Å²) in [7, 11) is 3.15. The predicted octanol–water partition coefficient (Wildman–Crippen LogP) is 0.551. The summed E-state index contributed by atoms with van der Waals surface area (Å²) in [5.41, 5.74) is 1.40. The van der Waals surface area contributed by atoms with Gasteiger partial charge in [-0.05, 0) is 12.1 Å². The van der Waals surface area contributed by atoms with E-state index in [1.807, 2.05) is 0 Å². The molecule has 7 heteroatoms. The second kappa shape index (κ2) is 6.96. The van der Waals surface area contributed by atoms with Crippen molar-refractivity contribution in [2.24, 2.45) is 0 Å². The van der Waals surface area contributed by atoms with Crippen molar-refractivity contribution >= 4 is 5.91 Å². The first-order valence-electron chi connectivity index (χ1n) is 6.50. The van der Waals surface area contributed by atoms with E-state index >= 15 is 0 Å². The zero-order valence-corrected chi connectivity index (χ0v) is 12.0. The molecule has 1 aromatic heterocycles. The third-order valence-corrected chi connectivity index (χ3v) is 3.01. The summed E-state index contributed by atoms with van der Waals surface area (Å²) >= 11 is 0. The van der Waals surface area contributed by atoms with E-state index < -0.39 is 6.10 Å². The summed E-state index contributed by atoms with van der Waals surface area (Å²) in [5, 5.41) is 16.2. The van der Waals surface area contributed by atoms with Crippen LogP contribution in [0.3, 0.4) is 0 Å². The Morgan fingerprint density at radius 2 is 2.14 bits per heavy atom. The number of methoxy groups -OCH3 is 1. The molecule has 1 aromatic carbocycles. The minimum Gasteiger partial charge on any atom is -0.389 e. The van der Waals surface area contributed by atoms with Crippen LogP contribution in [0.2, 0.25) is 0 Å². The van der Waals surface area contributed by atoms with Crippen LogP contribution in [0.4, 0.5) is 0 Å². The van der Waals surface area contributed by atoms with Gasteiger partial charge in [-0.1, -0.05) is 12.1 Å². The van der Waals surface area contributed by atoms with E-state index in [9.17, 15) is 9.90 Å². The number of carbonyl (C=O) groups excluding carboxylic acids is 1. The predicted molar refractivity (Wildman–Crippen MR) is 76.7 cm³/mol. The van der Waals surface area contributed by atoms with Crippen LogP contribution in [0.1, 0.15) is 10.4 Å². The highest BCUT2D eigenvalue weighted by molar-refractivity contribution is 5.94. The fourth-order valence-electron chi connectivity index (χ4n) is 1.98. The molecule has 7 nitrogen and oxygen atoms in total. The van der Waals surface area contributed by atoms with Gasteiger partial charge in [-0.2, -0.15) is 5.10 Å². The van der Waals surface area contributed by atoms with Crippen LogP contribution < -0.4 is 0 Å². The van der Waals surface area contributed by atoms with Gasteiger partial charge >= 0.3 is 0 Å². The van der Waals surface area contributed by atoms with Gasteiger partial charge in [0.25, 0.3) is 5.91 Å². The molecule has 0 aliphatic rings. The normalized spacial score (nSPS) is 12.1. The number of hydrogen-bond donors (Lipinski definition) is 2. The molecule has 2 N–H and O–H groups in total. The van der Waals surface area contributed by atoms with E-state index in [2.05, 4.69) is 15.2 Å². The molecule has 0 spiro atoms. The molecular weight excluding hydrogens is 272 g/mol. The van der Waals surface area contributed by atoms with E-state index in [1.54, 1.807) is 31.3 Å². The molecule has 0 radical (unpaired) electrons. The maximum atomic E-state index is 12.2. The largest absolute Gasteiger partial charge is 0.389 e. The van der Waals surface area contributed by atoms with Crippen LogP contribution in [0.5, 0.6) is 0 Å². The fourth-order valence-corrected chi connectivity index (χ4v) is 1.98. The second-order valence-electron chi connectivity index (χ2n) is 4.71. The number of aliphatic hydroxyl groups excluding tert-OH is 1. The molecule has 21 heavy (non-hydrogen) atoms. The molecular formula is C14H18N4O3. The highest BCUT2D eigenvalue weighted by Gasteiger charge is 2.15. The number of amides is 1. The van der Waals surface area contributed by atoms with Crippen molar-refractivity contribution in [2.75, 3.05) is 27.3 Å². The third kappa shape index (κ3) is 3.87. The number of H-pyrrole nitrogens is 1. The Balaban J connectivity index is 2.02. The van der Waals surface area contributed by atoms with Crippen LogP contribution in [-0.4, -0.2) is 64.5 Å². The highest BCUT2D eigenvalue weighted by Crippen LogP contribution is 2.15. The Hall–Kier alpha value is -2.25. The standard InChI is InChI=1S/C14H18N4O3/c1-18(7-12(19)8-21-2)14(20)11-5-3-10(4-6-11)13-15-9-16-17-13/h3-6,9,12,19H,7-8H2,1-2H3,(H,15,16,17). The van der Waals surface area contributed by atoms with Crippen LogP contribution >= 0.6 is 0 Å². The Bertz CT molecular complexity index is 568. The molecule has 0 fully saturated rings. The van der Waals surface area contributed by atoms with Crippen molar-refractivity contribution < 1.29 is 14.6 Å². The number of aromatic amines is 1. The lowest BCUT2D eigenvalue weighted by molar-refractivity contribution is 0.0380. The fraction of sp³-hybridized carbons (Fsp3) is 0.357. The molecule has 0 aliphatic heterocycles. The number of nitrogens with one attached hydrogen (secondary N) is 1. The number of aliphatic hydroxyl groups is 1. The monoisotopic (exact) mass is 290 g/mol. The van der Waals surface area contributed by atoms with E-state index in [0.717, 1.165) is 5.56 Å². The van der Waals surface area contributed by atoms with Gasteiger partial charge in [0.1, 0.15) is 6.33 Å². The molecule has 0 saturated heterocycles. The van der Waals surface area contributed by atoms with Gasteiger partial charge in [0.15, 0.2) is 5.82 Å². The first-order chi connectivity index (χ1) is 10.1. The van der Waals surface area contributed by atoms with Gasteiger partial charge in [-0.3, -0.25) is 9.89 Å². The Morgan fingerprint density at radius 1 is 1.43 bits per heavy atom. The zero-order chi connectivity index (χ0) is 15.2. The second-order valence-corrected chi connectivity index (χ2v) is 4.71. The van der Waals surface area contributed by atoms with Crippen molar-refractivity contribution in [1.29, 1.82) is 0 Å². The van der Waals surface area contributed by atoms with Gasteiger partial charge in [0.2, 0.25) is 0 Å². The summed E-state index contributed by atoms with van der Waals surface area (Å²) in [6.45, 7) is 0.415. The summed E-state index contributed by atoms with van der Waals surface area (Å²) in [5.74, 6) is 0.493. The van der Waals surface area contributed by atoms with Gasteiger partial charge < -0.3 is 14.7 Å². The number of aromatic nitrogens is 3. The molecule has 0 saturated carbocycles. The quantitative estimate of drug-likeness (QED) is 0.810. The van der Waals surface area contributed by atoms with Crippen molar-refractivity contribution in [2.45, 2.75) is 6.10 Å². The molecule has 112 valence electrons. The van der Waals surface area contributed by atoms with Crippen LogP contribution in [-0.2, 0) is 4.74 Å². The number of hydrogen-bond acceptors (Lipinski definition) is 5. The molecule has 2 rings (SSSR count). The van der Waals surface area contributed by atoms with Crippen molar-refractivity contribution in [3.8, 4) is 11.4 Å². The van der Waals surface area contributed by atoms with Gasteiger partial charge in [-0.15, -0.1) is 0 Å². The molecule has 0 aliphatic carbocycles. The highest BCUT2D eigenvalue weighted by atomic mass is 16.5. The molecule has 1 heterocycles. The van der Waals surface area contributed by atoms with Crippen LogP contribution in [0.15, 0.2) is 30.6 Å². The maximum absolute atomic E-state index is 12.2. The lowest BCUT2D eigenvalue weighted by atomic mass is 10.1. The minimum absolute atomic E-state index is 0.158. The van der Waals surface area contributed by atoms with Crippen molar-refractivity contribution in [3.63, 3.8) is 0 Å². The Labute approximate surface area is 122 Å². The molecule has 0 bridgehead atoms. The first kappa shape index (κ1) is 15.1. The van der Waals surface area contributed by atoms with E-state index in [4.69, 9.17) is 4.74 Å². The van der Waals surface area contributed by atoms with E-state index in [-0.39, 0.29) is 19.1 Å². The third-order valence-electron chi connectivity index (χ3n) is 3.01. The number of likely N-dealkylation sites (N-methyl/N-ethyl adjacent to an activating group) is 1. The average Bonchev–Trinajstić information content (AvgIpc) is 3.01. The Morgan fingerprint density at radius 3 is 2.71 bits per heavy atom. The summed E-state index contributed by atoms with van der Waals surface area (Å²) < 4.78 is 4.84. The molecule has 2 aromatic rings. The number of benzene rings is 1. The number of carbonyl (C=O) groups is 1. The first-order valence-corrected chi connectivity index (χ1v) is 6.50. The SMILES string of the molecule is COCC(O)CN(C)C(=O)c1ccc(-c2ncn[nH]2)cc1. The smallest absolute Gasteiger partial charge is 0.253 e.